The first-order valence-electron chi connectivity index (χ1n) is 6.47. The Balaban J connectivity index is 1.70. The molecule has 1 aromatic heterocycles. The van der Waals surface area contributed by atoms with E-state index in [0.29, 0.717) is 0 Å². The Bertz CT molecular complexity index is 334. The van der Waals surface area contributed by atoms with Crippen LogP contribution in [0.1, 0.15) is 49.8 Å². The number of fused-ring (bicyclic) bond motifs is 1. The molecule has 2 aliphatic carbocycles. The van der Waals surface area contributed by atoms with Crippen LogP contribution in [0.4, 0.5) is 0 Å². The molecule has 0 aromatic carbocycles. The smallest absolute Gasteiger partial charge is 0.0524 e. The molecular weight excluding hydrogens is 184 g/mol. The van der Waals surface area contributed by atoms with Gasteiger partial charge in [-0.15, -0.1) is 0 Å². The van der Waals surface area contributed by atoms with Crippen LogP contribution in [0, 0.1) is 5.92 Å². The van der Waals surface area contributed by atoms with Crippen molar-refractivity contribution in [1.82, 2.24) is 9.78 Å². The lowest BCUT2D eigenvalue weighted by atomic mass is 9.89. The minimum Gasteiger partial charge on any atom is -0.269 e. The first kappa shape index (κ1) is 9.44. The average Bonchev–Trinajstić information content (AvgIpc) is 2.85. The predicted molar refractivity (Wildman–Crippen MR) is 60.8 cm³/mol. The third kappa shape index (κ3) is 1.82. The van der Waals surface area contributed by atoms with Crippen LogP contribution in [0.15, 0.2) is 6.20 Å². The Morgan fingerprint density at radius 2 is 2.00 bits per heavy atom. The Hall–Kier alpha value is -0.790. The van der Waals surface area contributed by atoms with Crippen LogP contribution in [0.3, 0.4) is 0 Å². The van der Waals surface area contributed by atoms with E-state index in [1.54, 1.807) is 5.69 Å². The van der Waals surface area contributed by atoms with Crippen molar-refractivity contribution < 1.29 is 0 Å². The van der Waals surface area contributed by atoms with Crippen molar-refractivity contribution in [2.45, 2.75) is 57.9 Å². The van der Waals surface area contributed by atoms with E-state index in [1.807, 2.05) is 0 Å². The summed E-state index contributed by atoms with van der Waals surface area (Å²) in [5, 5.41) is 4.55. The minimum atomic E-state index is 0.906. The Morgan fingerprint density at radius 1 is 1.13 bits per heavy atom. The van der Waals surface area contributed by atoms with Gasteiger partial charge in [-0.3, -0.25) is 4.68 Å². The molecule has 15 heavy (non-hydrogen) atoms. The lowest BCUT2D eigenvalue weighted by molar-refractivity contribution is 0.305. The Kier molecular flexibility index (Phi) is 2.51. The van der Waals surface area contributed by atoms with Crippen LogP contribution < -0.4 is 0 Å². The van der Waals surface area contributed by atoms with Gasteiger partial charge in [-0.25, -0.2) is 0 Å². The lowest BCUT2D eigenvalue weighted by Gasteiger charge is -2.22. The summed E-state index contributed by atoms with van der Waals surface area (Å²) in [6.45, 7) is 1.19. The van der Waals surface area contributed by atoms with Crippen molar-refractivity contribution in [2.75, 3.05) is 0 Å². The molecule has 3 rings (SSSR count). The minimum absolute atomic E-state index is 0.906. The van der Waals surface area contributed by atoms with Gasteiger partial charge in [-0.05, 0) is 43.6 Å². The van der Waals surface area contributed by atoms with Gasteiger partial charge in [0, 0.05) is 12.2 Å². The molecular formula is C13H20N2. The molecule has 0 saturated heterocycles. The highest BCUT2D eigenvalue weighted by Crippen LogP contribution is 2.27. The van der Waals surface area contributed by atoms with Crippen molar-refractivity contribution in [3.63, 3.8) is 0 Å². The summed E-state index contributed by atoms with van der Waals surface area (Å²) >= 11 is 0. The van der Waals surface area contributed by atoms with Gasteiger partial charge in [-0.1, -0.05) is 19.3 Å². The van der Waals surface area contributed by atoms with Crippen LogP contribution in [-0.4, -0.2) is 9.78 Å². The van der Waals surface area contributed by atoms with Crippen molar-refractivity contribution in [1.29, 1.82) is 0 Å². The monoisotopic (exact) mass is 204 g/mol. The number of hydrogen-bond donors (Lipinski definition) is 0. The zero-order valence-corrected chi connectivity index (χ0v) is 9.41. The van der Waals surface area contributed by atoms with Gasteiger partial charge < -0.3 is 0 Å². The van der Waals surface area contributed by atoms with Crippen LogP contribution in [0.25, 0.3) is 0 Å². The van der Waals surface area contributed by atoms with E-state index < -0.39 is 0 Å². The molecule has 1 aromatic rings. The maximum absolute atomic E-state index is 4.55. The molecule has 82 valence electrons. The summed E-state index contributed by atoms with van der Waals surface area (Å²) in [6.07, 6.45) is 13.2. The standard InChI is InChI=1S/C13H20N2/c1-2-5-11(6-3-1)10-15-13-8-4-7-12(13)9-14-15/h9,11H,1-8,10H2. The summed E-state index contributed by atoms with van der Waals surface area (Å²) in [7, 11) is 0. The lowest BCUT2D eigenvalue weighted by Crippen LogP contribution is -2.16. The van der Waals surface area contributed by atoms with Gasteiger partial charge in [0.1, 0.15) is 0 Å². The third-order valence-electron chi connectivity index (χ3n) is 4.05. The Labute approximate surface area is 91.7 Å². The molecule has 0 radical (unpaired) electrons. The normalized spacial score (nSPS) is 21.9. The van der Waals surface area contributed by atoms with Crippen molar-refractivity contribution in [3.8, 4) is 0 Å². The fraction of sp³-hybridized carbons (Fsp3) is 0.769. The highest BCUT2D eigenvalue weighted by Gasteiger charge is 2.20. The number of aromatic nitrogens is 2. The van der Waals surface area contributed by atoms with Crippen LogP contribution >= 0.6 is 0 Å². The molecule has 1 heterocycles. The van der Waals surface area contributed by atoms with Crippen molar-refractivity contribution in [3.05, 3.63) is 17.5 Å². The molecule has 0 unspecified atom stereocenters. The summed E-state index contributed by atoms with van der Waals surface area (Å²) in [5.74, 6) is 0.906. The van der Waals surface area contributed by atoms with Gasteiger partial charge in [0.15, 0.2) is 0 Å². The van der Waals surface area contributed by atoms with Crippen LogP contribution in [0.2, 0.25) is 0 Å². The summed E-state index contributed by atoms with van der Waals surface area (Å²) in [5.41, 5.74) is 3.06. The molecule has 0 spiro atoms. The van der Waals surface area contributed by atoms with E-state index in [9.17, 15) is 0 Å². The van der Waals surface area contributed by atoms with E-state index in [4.69, 9.17) is 0 Å². The van der Waals surface area contributed by atoms with Gasteiger partial charge >= 0.3 is 0 Å². The SMILES string of the molecule is c1nn(CC2CCCCC2)c2c1CCC2. The van der Waals surface area contributed by atoms with E-state index in [1.165, 1.54) is 63.5 Å². The Morgan fingerprint density at radius 3 is 2.87 bits per heavy atom. The quantitative estimate of drug-likeness (QED) is 0.724. The third-order valence-corrected chi connectivity index (χ3v) is 4.05. The van der Waals surface area contributed by atoms with Crippen LogP contribution in [-0.2, 0) is 19.4 Å². The molecule has 2 nitrogen and oxygen atoms in total. The van der Waals surface area contributed by atoms with Crippen LogP contribution in [0.5, 0.6) is 0 Å². The zero-order valence-electron chi connectivity index (χ0n) is 9.41. The molecule has 0 aliphatic heterocycles. The maximum Gasteiger partial charge on any atom is 0.0524 e. The van der Waals surface area contributed by atoms with Crippen molar-refractivity contribution >= 4 is 0 Å². The molecule has 0 atom stereocenters. The van der Waals surface area contributed by atoms with Gasteiger partial charge in [0.2, 0.25) is 0 Å². The molecule has 0 bridgehead atoms. The van der Waals surface area contributed by atoms with E-state index in [-0.39, 0.29) is 0 Å². The summed E-state index contributed by atoms with van der Waals surface area (Å²) in [4.78, 5) is 0. The molecule has 1 fully saturated rings. The second-order valence-electron chi connectivity index (χ2n) is 5.16. The highest BCUT2D eigenvalue weighted by atomic mass is 15.3. The fourth-order valence-corrected chi connectivity index (χ4v) is 3.17. The largest absolute Gasteiger partial charge is 0.269 e. The van der Waals surface area contributed by atoms with E-state index in [2.05, 4.69) is 16.0 Å². The molecule has 2 aliphatic rings. The van der Waals surface area contributed by atoms with Gasteiger partial charge in [-0.2, -0.15) is 5.10 Å². The molecule has 0 amide bonds. The average molecular weight is 204 g/mol. The number of rotatable bonds is 2. The highest BCUT2D eigenvalue weighted by molar-refractivity contribution is 5.22. The summed E-state index contributed by atoms with van der Waals surface area (Å²) < 4.78 is 2.30. The number of hydrogen-bond acceptors (Lipinski definition) is 1. The summed E-state index contributed by atoms with van der Waals surface area (Å²) in [6, 6.07) is 0. The molecule has 0 N–H and O–H groups in total. The number of aryl methyl sites for hydroxylation is 1. The number of nitrogens with zero attached hydrogens (tertiary/aromatic N) is 2. The van der Waals surface area contributed by atoms with E-state index >= 15 is 0 Å². The fourth-order valence-electron chi connectivity index (χ4n) is 3.17. The van der Waals surface area contributed by atoms with Crippen molar-refractivity contribution in [2.24, 2.45) is 5.92 Å². The maximum atomic E-state index is 4.55. The second-order valence-corrected chi connectivity index (χ2v) is 5.16. The predicted octanol–water partition coefficient (Wildman–Crippen LogP) is 2.95. The second kappa shape index (κ2) is 3.99. The zero-order chi connectivity index (χ0) is 10.1. The molecule has 1 saturated carbocycles. The molecule has 2 heteroatoms. The topological polar surface area (TPSA) is 17.8 Å². The first-order chi connectivity index (χ1) is 7.43. The first-order valence-corrected chi connectivity index (χ1v) is 6.47. The van der Waals surface area contributed by atoms with Gasteiger partial charge in [0.25, 0.3) is 0 Å². The van der Waals surface area contributed by atoms with E-state index in [0.717, 1.165) is 5.92 Å². The van der Waals surface area contributed by atoms with Gasteiger partial charge in [0.05, 0.1) is 6.20 Å².